The summed E-state index contributed by atoms with van der Waals surface area (Å²) in [5, 5.41) is 4.31. The smallest absolute Gasteiger partial charge is 0.245 e. The van der Waals surface area contributed by atoms with Crippen LogP contribution < -0.4 is 15.6 Å². The molecule has 1 aromatic carbocycles. The molecule has 0 aliphatic carbocycles. The van der Waals surface area contributed by atoms with Crippen molar-refractivity contribution in [2.45, 2.75) is 32.6 Å². The average Bonchev–Trinajstić information content (AvgIpc) is 2.66. The number of quaternary nitrogens is 1. The molecule has 1 aliphatic rings. The normalized spacial score (nSPS) is 15.2. The number of unbranched alkanes of at least 4 members (excludes halogenated alkanes) is 1. The summed E-state index contributed by atoms with van der Waals surface area (Å²) in [6, 6.07) is 9.80. The van der Waals surface area contributed by atoms with Crippen LogP contribution in [0.15, 0.2) is 36.4 Å². The lowest BCUT2D eigenvalue weighted by molar-refractivity contribution is -0.879. The first-order valence-corrected chi connectivity index (χ1v) is 9.50. The van der Waals surface area contributed by atoms with Gasteiger partial charge in [0, 0.05) is 19.4 Å². The number of carbonyl (C=O) groups is 2. The highest BCUT2D eigenvalue weighted by molar-refractivity contribution is 5.88. The van der Waals surface area contributed by atoms with Crippen molar-refractivity contribution in [1.82, 2.24) is 15.8 Å². The van der Waals surface area contributed by atoms with E-state index >= 15 is 0 Å². The van der Waals surface area contributed by atoms with Gasteiger partial charge in [-0.05, 0) is 18.1 Å². The molecule has 1 unspecified atom stereocenters. The molecule has 142 valence electrons. The molecule has 1 heterocycles. The van der Waals surface area contributed by atoms with Gasteiger partial charge in [-0.2, -0.15) is 0 Å². The fraction of sp³-hybridized carbons (Fsp3) is 0.500. The monoisotopic (exact) mass is 359 g/mol. The van der Waals surface area contributed by atoms with Gasteiger partial charge in [-0.25, -0.2) is 5.01 Å². The fourth-order valence-corrected chi connectivity index (χ4v) is 2.90. The maximum Gasteiger partial charge on any atom is 0.245 e. The maximum atomic E-state index is 12.1. The molecule has 0 radical (unpaired) electrons. The van der Waals surface area contributed by atoms with Crippen LogP contribution in [0.3, 0.4) is 0 Å². The Hall–Kier alpha value is -2.34. The number of hydrazine groups is 1. The van der Waals surface area contributed by atoms with Gasteiger partial charge in [-0.1, -0.05) is 43.7 Å². The highest BCUT2D eigenvalue weighted by atomic mass is 16.2. The minimum atomic E-state index is -0.133. The lowest BCUT2D eigenvalue weighted by Crippen LogP contribution is -3.09. The third-order valence-corrected chi connectivity index (χ3v) is 4.48. The van der Waals surface area contributed by atoms with Gasteiger partial charge in [-0.3, -0.25) is 15.0 Å². The van der Waals surface area contributed by atoms with Crippen molar-refractivity contribution in [3.05, 3.63) is 42.0 Å². The van der Waals surface area contributed by atoms with Crippen molar-refractivity contribution >= 4 is 17.5 Å². The SMILES string of the molecule is CCCC[NH+](C)CCCNC(=O)CN1NC(c2ccccc2)=CCC1=O. The number of benzene rings is 1. The number of hydrogen-bond donors (Lipinski definition) is 3. The molecular weight excluding hydrogens is 328 g/mol. The first-order chi connectivity index (χ1) is 12.6. The van der Waals surface area contributed by atoms with Crippen LogP contribution in [0.2, 0.25) is 0 Å². The summed E-state index contributed by atoms with van der Waals surface area (Å²) in [6.45, 7) is 5.09. The summed E-state index contributed by atoms with van der Waals surface area (Å²) in [6.07, 6.45) is 5.55. The van der Waals surface area contributed by atoms with Gasteiger partial charge in [0.25, 0.3) is 0 Å². The molecule has 2 rings (SSSR count). The number of rotatable bonds is 10. The standard InChI is InChI=1S/C20H30N4O2/c1-3-4-14-23(2)15-8-13-21-19(25)16-24-20(26)12-11-18(22-24)17-9-6-5-7-10-17/h5-7,9-11,22H,3-4,8,12-16H2,1-2H3,(H,21,25)/p+1. The molecule has 3 N–H and O–H groups in total. The molecule has 2 amide bonds. The Morgan fingerprint density at radius 1 is 1.23 bits per heavy atom. The number of carbonyl (C=O) groups excluding carboxylic acids is 2. The highest BCUT2D eigenvalue weighted by Crippen LogP contribution is 2.16. The Morgan fingerprint density at radius 2 is 1.96 bits per heavy atom. The van der Waals surface area contributed by atoms with E-state index in [9.17, 15) is 9.59 Å². The Labute approximate surface area is 156 Å². The van der Waals surface area contributed by atoms with E-state index in [1.165, 1.54) is 29.3 Å². The van der Waals surface area contributed by atoms with E-state index in [4.69, 9.17) is 0 Å². The van der Waals surface area contributed by atoms with E-state index in [0.29, 0.717) is 13.0 Å². The van der Waals surface area contributed by atoms with Crippen LogP contribution in [0.5, 0.6) is 0 Å². The van der Waals surface area contributed by atoms with Gasteiger partial charge in [0.05, 0.1) is 25.8 Å². The third kappa shape index (κ3) is 6.52. The molecule has 0 saturated carbocycles. The molecule has 1 aliphatic heterocycles. The number of hydrogen-bond acceptors (Lipinski definition) is 3. The maximum absolute atomic E-state index is 12.1. The second-order valence-corrected chi connectivity index (χ2v) is 6.79. The second-order valence-electron chi connectivity index (χ2n) is 6.79. The van der Waals surface area contributed by atoms with E-state index < -0.39 is 0 Å². The lowest BCUT2D eigenvalue weighted by Gasteiger charge is -2.28. The Kier molecular flexibility index (Phi) is 8.15. The summed E-state index contributed by atoms with van der Waals surface area (Å²) in [5.41, 5.74) is 4.93. The molecule has 0 saturated heterocycles. The minimum absolute atomic E-state index is 0.0293. The topological polar surface area (TPSA) is 65.9 Å². The van der Waals surface area contributed by atoms with Crippen LogP contribution in [0, 0.1) is 0 Å². The van der Waals surface area contributed by atoms with Gasteiger partial charge in [0.2, 0.25) is 11.8 Å². The van der Waals surface area contributed by atoms with Crippen molar-refractivity contribution in [3.8, 4) is 0 Å². The number of nitrogens with one attached hydrogen (secondary N) is 3. The van der Waals surface area contributed by atoms with Crippen molar-refractivity contribution in [2.75, 3.05) is 33.2 Å². The van der Waals surface area contributed by atoms with Crippen LogP contribution in [-0.4, -0.2) is 50.0 Å². The molecule has 6 heteroatoms. The molecule has 0 bridgehead atoms. The van der Waals surface area contributed by atoms with E-state index in [1.54, 1.807) is 0 Å². The third-order valence-electron chi connectivity index (χ3n) is 4.48. The van der Waals surface area contributed by atoms with Crippen molar-refractivity contribution < 1.29 is 14.5 Å². The zero-order chi connectivity index (χ0) is 18.8. The van der Waals surface area contributed by atoms with Gasteiger partial charge < -0.3 is 10.2 Å². The van der Waals surface area contributed by atoms with E-state index in [0.717, 1.165) is 24.2 Å². The minimum Gasteiger partial charge on any atom is -0.354 e. The van der Waals surface area contributed by atoms with Gasteiger partial charge >= 0.3 is 0 Å². The molecule has 6 nitrogen and oxygen atoms in total. The van der Waals surface area contributed by atoms with E-state index in [-0.39, 0.29) is 18.4 Å². The van der Waals surface area contributed by atoms with Crippen LogP contribution >= 0.6 is 0 Å². The second kappa shape index (κ2) is 10.6. The van der Waals surface area contributed by atoms with Crippen molar-refractivity contribution in [2.24, 2.45) is 0 Å². The van der Waals surface area contributed by atoms with Crippen LogP contribution in [0.25, 0.3) is 5.70 Å². The molecular formula is C20H31N4O2+. The van der Waals surface area contributed by atoms with E-state index in [2.05, 4.69) is 24.7 Å². The van der Waals surface area contributed by atoms with Gasteiger partial charge in [-0.15, -0.1) is 0 Å². The molecule has 1 aromatic rings. The first-order valence-electron chi connectivity index (χ1n) is 9.50. The fourth-order valence-electron chi connectivity index (χ4n) is 2.90. The average molecular weight is 359 g/mol. The lowest BCUT2D eigenvalue weighted by atomic mass is 10.1. The molecule has 26 heavy (non-hydrogen) atoms. The molecule has 0 spiro atoms. The Morgan fingerprint density at radius 3 is 2.69 bits per heavy atom. The number of nitrogens with zero attached hydrogens (tertiary/aromatic N) is 1. The van der Waals surface area contributed by atoms with E-state index in [1.807, 2.05) is 36.4 Å². The summed E-state index contributed by atoms with van der Waals surface area (Å²) in [7, 11) is 2.19. The summed E-state index contributed by atoms with van der Waals surface area (Å²) >= 11 is 0. The zero-order valence-corrected chi connectivity index (χ0v) is 15.9. The summed E-state index contributed by atoms with van der Waals surface area (Å²) < 4.78 is 0. The first kappa shape index (κ1) is 20.0. The van der Waals surface area contributed by atoms with Gasteiger partial charge in [0.15, 0.2) is 0 Å². The predicted molar refractivity (Wildman–Crippen MR) is 103 cm³/mol. The summed E-state index contributed by atoms with van der Waals surface area (Å²) in [4.78, 5) is 25.7. The Bertz CT molecular complexity index is 615. The summed E-state index contributed by atoms with van der Waals surface area (Å²) in [5.74, 6) is -0.227. The zero-order valence-electron chi connectivity index (χ0n) is 15.9. The molecule has 0 fully saturated rings. The number of amides is 2. The van der Waals surface area contributed by atoms with Crippen molar-refractivity contribution in [3.63, 3.8) is 0 Å². The largest absolute Gasteiger partial charge is 0.354 e. The van der Waals surface area contributed by atoms with Gasteiger partial charge in [0.1, 0.15) is 6.54 Å². The van der Waals surface area contributed by atoms with Crippen LogP contribution in [0.1, 0.15) is 38.2 Å². The van der Waals surface area contributed by atoms with Crippen molar-refractivity contribution in [1.29, 1.82) is 0 Å². The van der Waals surface area contributed by atoms with Crippen LogP contribution in [-0.2, 0) is 9.59 Å². The highest BCUT2D eigenvalue weighted by Gasteiger charge is 2.21. The molecule has 1 atom stereocenters. The van der Waals surface area contributed by atoms with Crippen LogP contribution in [0.4, 0.5) is 0 Å². The Balaban J connectivity index is 1.73. The quantitative estimate of drug-likeness (QED) is 0.536. The molecule has 0 aromatic heterocycles. The predicted octanol–water partition coefficient (Wildman–Crippen LogP) is 0.586.